The number of rotatable bonds is 18. The lowest BCUT2D eigenvalue weighted by atomic mass is 9.94. The van der Waals surface area contributed by atoms with Crippen LogP contribution in [0, 0.1) is 12.7 Å². The average molecular weight is 1230 g/mol. The standard InChI is InChI=1S/C72H75FN10O8/c1-3-49-13-11-15-52(37-49)53-40-65(75-72(46-89-47-72)45-82(42-51-14-10-12-48(2)36-51)71(88)90-44-62-57-18-6-4-16-55(57)56-17-5-7-19-58(56)62)67(74-41-53)70(87)81-32-34-83(35-33-81)91-54-24-26-78(27-25-54)43-66(84)79-28-30-80(31-29-79)69(86)61-38-50(22-23-63(61)73)39-64-59-20-8-9-21-60(59)68(85)77-76-64/h4-23,36-38,40-41,54,62,75H,3,24-35,39,42-47H2,1-2H3,(H,77,85). The van der Waals surface area contributed by atoms with Crippen molar-refractivity contribution >= 4 is 40.3 Å². The molecule has 4 fully saturated rings. The number of piperidine rings is 1. The Morgan fingerprint density at radius 3 is 2.09 bits per heavy atom. The number of pyridine rings is 1. The lowest BCUT2D eigenvalue weighted by Gasteiger charge is -2.45. The number of anilines is 1. The zero-order valence-corrected chi connectivity index (χ0v) is 51.5. The summed E-state index contributed by atoms with van der Waals surface area (Å²) in [6, 6.07) is 46.7. The molecule has 8 aromatic rings. The van der Waals surface area contributed by atoms with Crippen LogP contribution in [0.4, 0.5) is 14.9 Å². The Balaban J connectivity index is 0.616. The summed E-state index contributed by atoms with van der Waals surface area (Å²) in [7, 11) is 0. The number of H-pyrrole nitrogens is 1. The fourth-order valence-corrected chi connectivity index (χ4v) is 13.5. The van der Waals surface area contributed by atoms with Crippen molar-refractivity contribution in [2.24, 2.45) is 0 Å². The molecule has 2 N–H and O–H groups in total. The highest BCUT2D eigenvalue weighted by Gasteiger charge is 2.44. The first kappa shape index (κ1) is 60.8. The number of hydrogen-bond donors (Lipinski definition) is 2. The van der Waals surface area contributed by atoms with E-state index >= 15 is 4.39 Å². The number of nitrogens with zero attached hydrogens (tertiary/aromatic N) is 8. The molecule has 468 valence electrons. The molecule has 0 spiro atoms. The summed E-state index contributed by atoms with van der Waals surface area (Å²) in [6.45, 7) is 10.1. The van der Waals surface area contributed by atoms with E-state index in [4.69, 9.17) is 19.3 Å². The van der Waals surface area contributed by atoms with Crippen LogP contribution in [-0.2, 0) is 38.5 Å². The first-order chi connectivity index (χ1) is 44.3. The van der Waals surface area contributed by atoms with Crippen LogP contribution in [0.25, 0.3) is 33.0 Å². The summed E-state index contributed by atoms with van der Waals surface area (Å²) in [5, 5.41) is 13.7. The van der Waals surface area contributed by atoms with Gasteiger partial charge < -0.3 is 34.4 Å². The minimum atomic E-state index is -0.786. The van der Waals surface area contributed by atoms with Crippen LogP contribution < -0.4 is 10.9 Å². The molecule has 0 unspecified atom stereocenters. The third-order valence-electron chi connectivity index (χ3n) is 18.5. The van der Waals surface area contributed by atoms with Gasteiger partial charge in [0.25, 0.3) is 17.4 Å². The fraction of sp³-hybridized carbons (Fsp3) is 0.347. The van der Waals surface area contributed by atoms with Crippen molar-refractivity contribution in [2.45, 2.75) is 63.6 Å². The van der Waals surface area contributed by atoms with Crippen molar-refractivity contribution in [3.63, 3.8) is 0 Å². The molecule has 6 aromatic carbocycles. The Morgan fingerprint density at radius 1 is 0.703 bits per heavy atom. The normalized spacial score (nSPS) is 16.9. The monoisotopic (exact) mass is 1230 g/mol. The molecule has 0 radical (unpaired) electrons. The van der Waals surface area contributed by atoms with Gasteiger partial charge in [0, 0.05) is 101 Å². The summed E-state index contributed by atoms with van der Waals surface area (Å²) < 4.78 is 27.6. The molecule has 0 bridgehead atoms. The van der Waals surface area contributed by atoms with Crippen LogP contribution in [0.1, 0.15) is 85.6 Å². The third kappa shape index (κ3) is 13.4. The third-order valence-corrected chi connectivity index (χ3v) is 18.5. The molecule has 2 aromatic heterocycles. The largest absolute Gasteiger partial charge is 0.448 e. The summed E-state index contributed by atoms with van der Waals surface area (Å²) in [5.74, 6) is -1.39. The van der Waals surface area contributed by atoms with Gasteiger partial charge in [-0.1, -0.05) is 134 Å². The highest BCUT2D eigenvalue weighted by Crippen LogP contribution is 2.45. The van der Waals surface area contributed by atoms with E-state index in [9.17, 15) is 24.0 Å². The molecule has 13 rings (SSSR count). The Morgan fingerprint density at radius 2 is 1.37 bits per heavy atom. The number of carbonyl (C=O) groups is 4. The Labute approximate surface area is 528 Å². The van der Waals surface area contributed by atoms with Gasteiger partial charge >= 0.3 is 6.09 Å². The smallest absolute Gasteiger partial charge is 0.410 e. The number of hydroxylamine groups is 2. The zero-order chi connectivity index (χ0) is 62.6. The molecule has 18 nitrogen and oxygen atoms in total. The maximum atomic E-state index is 15.2. The van der Waals surface area contributed by atoms with Crippen molar-refractivity contribution in [1.82, 2.24) is 44.7 Å². The van der Waals surface area contributed by atoms with Crippen molar-refractivity contribution in [2.75, 3.05) is 104 Å². The molecule has 0 saturated carbocycles. The van der Waals surface area contributed by atoms with Gasteiger partial charge in [-0.25, -0.2) is 19.3 Å². The topological polar surface area (TPSA) is 186 Å². The molecular formula is C72H75FN10O8. The molecule has 91 heavy (non-hydrogen) atoms. The predicted octanol–water partition coefficient (Wildman–Crippen LogP) is 9.36. The number of likely N-dealkylation sites (tertiary alicyclic amines) is 1. The molecule has 0 atom stereocenters. The Hall–Kier alpha value is -9.14. The number of fused-ring (bicyclic) bond motifs is 4. The summed E-state index contributed by atoms with van der Waals surface area (Å²) >= 11 is 0. The Bertz CT molecular complexity index is 4030. The lowest BCUT2D eigenvalue weighted by molar-refractivity contribution is -0.218. The van der Waals surface area contributed by atoms with E-state index in [0.717, 1.165) is 63.8 Å². The second-order valence-corrected chi connectivity index (χ2v) is 24.7. The number of benzene rings is 6. The number of ether oxygens (including phenoxy) is 2. The second kappa shape index (κ2) is 26.7. The number of piperazine rings is 2. The van der Waals surface area contributed by atoms with Gasteiger partial charge in [-0.15, -0.1) is 0 Å². The second-order valence-electron chi connectivity index (χ2n) is 24.7. The van der Waals surface area contributed by atoms with E-state index in [-0.39, 0.29) is 86.7 Å². The lowest BCUT2D eigenvalue weighted by Crippen LogP contribution is -2.63. The number of hydrogen-bond acceptors (Lipinski definition) is 13. The van der Waals surface area contributed by atoms with E-state index in [2.05, 4.69) is 75.9 Å². The molecule has 4 saturated heterocycles. The van der Waals surface area contributed by atoms with Crippen LogP contribution in [0.5, 0.6) is 0 Å². The summed E-state index contributed by atoms with van der Waals surface area (Å²) in [4.78, 5) is 89.8. The van der Waals surface area contributed by atoms with Gasteiger partial charge in [-0.2, -0.15) is 10.2 Å². The first-order valence-corrected chi connectivity index (χ1v) is 31.7. The van der Waals surface area contributed by atoms with Crippen molar-refractivity contribution in [3.05, 3.63) is 218 Å². The number of amides is 4. The Kier molecular flexibility index (Phi) is 17.9. The molecule has 4 amide bonds. The number of nitrogens with one attached hydrogen (secondary N) is 2. The predicted molar refractivity (Wildman–Crippen MR) is 345 cm³/mol. The van der Waals surface area contributed by atoms with Crippen LogP contribution >= 0.6 is 0 Å². The summed E-state index contributed by atoms with van der Waals surface area (Å²) in [6.07, 6.45) is 3.90. The molecule has 5 aliphatic rings. The van der Waals surface area contributed by atoms with Gasteiger partial charge in [-0.05, 0) is 95.0 Å². The van der Waals surface area contributed by atoms with Gasteiger partial charge in [0.2, 0.25) is 5.91 Å². The van der Waals surface area contributed by atoms with E-state index in [0.29, 0.717) is 93.0 Å². The van der Waals surface area contributed by atoms with E-state index < -0.39 is 23.4 Å². The maximum absolute atomic E-state index is 15.2. The quantitative estimate of drug-likeness (QED) is 0.0829. The van der Waals surface area contributed by atoms with E-state index in [1.807, 2.05) is 83.6 Å². The first-order valence-electron chi connectivity index (χ1n) is 31.7. The number of carbonyl (C=O) groups excluding carboxylic acids is 4. The number of aryl methyl sites for hydroxylation is 2. The van der Waals surface area contributed by atoms with Crippen LogP contribution in [-0.4, -0.2) is 179 Å². The molecular weight excluding hydrogens is 1150 g/mol. The van der Waals surface area contributed by atoms with Crippen molar-refractivity contribution in [1.29, 1.82) is 0 Å². The van der Waals surface area contributed by atoms with Gasteiger partial charge in [0.05, 0.1) is 54.7 Å². The molecule has 4 aliphatic heterocycles. The van der Waals surface area contributed by atoms with E-state index in [1.54, 1.807) is 45.2 Å². The highest BCUT2D eigenvalue weighted by molar-refractivity contribution is 5.99. The molecule has 6 heterocycles. The number of aromatic amines is 1. The highest BCUT2D eigenvalue weighted by atomic mass is 19.1. The minimum Gasteiger partial charge on any atom is -0.448 e. The zero-order valence-electron chi connectivity index (χ0n) is 51.5. The van der Waals surface area contributed by atoms with Crippen molar-refractivity contribution in [3.8, 4) is 22.3 Å². The van der Waals surface area contributed by atoms with Gasteiger partial charge in [0.15, 0.2) is 5.69 Å². The van der Waals surface area contributed by atoms with Crippen LogP contribution in [0.3, 0.4) is 0 Å². The molecule has 1 aliphatic carbocycles. The minimum absolute atomic E-state index is 0.0147. The average Bonchev–Trinajstić information content (AvgIpc) is 1.90. The molecule has 19 heteroatoms. The van der Waals surface area contributed by atoms with E-state index in [1.165, 1.54) is 11.6 Å². The fourth-order valence-electron chi connectivity index (χ4n) is 13.5. The number of aromatic nitrogens is 3. The SMILES string of the molecule is CCc1cccc(-c2cnc(C(=O)N3CCN(OC4CCN(CC(=O)N5CCN(C(=O)c6cc(Cc7n[nH]c(=O)c8ccccc78)ccc6F)CC5)CC4)CC3)c(NC3(CN(Cc4cccc(C)c4)C(=O)OCC4c5ccccc5-c5ccccc54)COC3)c2)c1. The summed E-state index contributed by atoms with van der Waals surface area (Å²) in [5.41, 5.74) is 10.7. The van der Waals surface area contributed by atoms with Crippen LogP contribution in [0.15, 0.2) is 157 Å². The van der Waals surface area contributed by atoms with Gasteiger partial charge in [0.1, 0.15) is 18.0 Å². The van der Waals surface area contributed by atoms with Crippen molar-refractivity contribution < 1.29 is 37.9 Å². The maximum Gasteiger partial charge on any atom is 0.410 e. The van der Waals surface area contributed by atoms with Crippen LogP contribution in [0.2, 0.25) is 0 Å². The number of halogens is 1. The van der Waals surface area contributed by atoms with Gasteiger partial charge in [-0.3, -0.25) is 28.9 Å².